The Bertz CT molecular complexity index is 519. The van der Waals surface area contributed by atoms with Crippen LogP contribution in [-0.2, 0) is 16.6 Å². The molecule has 0 aliphatic rings. The van der Waals surface area contributed by atoms with E-state index in [0.29, 0.717) is 6.42 Å². The second kappa shape index (κ2) is 5.36. The fourth-order valence-corrected chi connectivity index (χ4v) is 2.96. The van der Waals surface area contributed by atoms with Gasteiger partial charge in [-0.1, -0.05) is 24.3 Å². The standard InChI is InChI=1S/C15H16O2S/c1-15(11-16,10-12-6-5-9-18-12)13-7-3-4-8-14(13)17-2/h3-9,11H,10H2,1-2H3. The quantitative estimate of drug-likeness (QED) is 0.770. The molecule has 0 radical (unpaired) electrons. The van der Waals surface area contributed by atoms with Gasteiger partial charge in [-0.05, 0) is 30.9 Å². The average Bonchev–Trinajstić information content (AvgIpc) is 2.91. The van der Waals surface area contributed by atoms with Gasteiger partial charge in [0.25, 0.3) is 0 Å². The first kappa shape index (κ1) is 12.8. The van der Waals surface area contributed by atoms with Crippen molar-refractivity contribution in [3.05, 3.63) is 52.2 Å². The number of hydrogen-bond acceptors (Lipinski definition) is 3. The van der Waals surface area contributed by atoms with Crippen LogP contribution in [-0.4, -0.2) is 13.4 Å². The summed E-state index contributed by atoms with van der Waals surface area (Å²) in [6, 6.07) is 11.8. The highest BCUT2D eigenvalue weighted by molar-refractivity contribution is 7.09. The maximum atomic E-state index is 11.6. The summed E-state index contributed by atoms with van der Waals surface area (Å²) in [7, 11) is 1.63. The minimum Gasteiger partial charge on any atom is -0.496 e. The van der Waals surface area contributed by atoms with Crippen LogP contribution >= 0.6 is 11.3 Å². The summed E-state index contributed by atoms with van der Waals surface area (Å²) >= 11 is 1.67. The van der Waals surface area contributed by atoms with Gasteiger partial charge in [0, 0.05) is 10.4 Å². The average molecular weight is 260 g/mol. The maximum absolute atomic E-state index is 11.6. The largest absolute Gasteiger partial charge is 0.496 e. The van der Waals surface area contributed by atoms with Crippen molar-refractivity contribution < 1.29 is 9.53 Å². The van der Waals surface area contributed by atoms with Gasteiger partial charge < -0.3 is 9.53 Å². The van der Waals surface area contributed by atoms with Crippen LogP contribution in [0, 0.1) is 0 Å². The fraction of sp³-hybridized carbons (Fsp3) is 0.267. The topological polar surface area (TPSA) is 26.3 Å². The third-order valence-electron chi connectivity index (χ3n) is 3.10. The first-order valence-corrected chi connectivity index (χ1v) is 6.70. The molecule has 2 rings (SSSR count). The Morgan fingerprint density at radius 1 is 1.28 bits per heavy atom. The van der Waals surface area contributed by atoms with Crippen LogP contribution in [0.2, 0.25) is 0 Å². The number of hydrogen-bond donors (Lipinski definition) is 0. The van der Waals surface area contributed by atoms with Crippen molar-refractivity contribution >= 4 is 17.6 Å². The van der Waals surface area contributed by atoms with Crippen LogP contribution in [0.15, 0.2) is 41.8 Å². The van der Waals surface area contributed by atoms with E-state index >= 15 is 0 Å². The molecular formula is C15H16O2S. The summed E-state index contributed by atoms with van der Waals surface area (Å²) in [5.74, 6) is 0.767. The van der Waals surface area contributed by atoms with Crippen LogP contribution in [0.3, 0.4) is 0 Å². The van der Waals surface area contributed by atoms with Crippen molar-refractivity contribution in [2.24, 2.45) is 0 Å². The molecule has 1 atom stereocenters. The lowest BCUT2D eigenvalue weighted by atomic mass is 9.80. The van der Waals surface area contributed by atoms with Crippen LogP contribution < -0.4 is 4.74 Å². The zero-order valence-corrected chi connectivity index (χ0v) is 11.4. The summed E-state index contributed by atoms with van der Waals surface area (Å²) in [5, 5.41) is 2.03. The SMILES string of the molecule is COc1ccccc1C(C)(C=O)Cc1cccs1. The third kappa shape index (κ3) is 2.46. The Balaban J connectivity index is 2.39. The fourth-order valence-electron chi connectivity index (χ4n) is 2.09. The molecule has 1 heterocycles. The van der Waals surface area contributed by atoms with Gasteiger partial charge >= 0.3 is 0 Å². The van der Waals surface area contributed by atoms with Gasteiger partial charge in [0.2, 0.25) is 0 Å². The van der Waals surface area contributed by atoms with Gasteiger partial charge in [-0.3, -0.25) is 0 Å². The van der Waals surface area contributed by atoms with E-state index in [0.717, 1.165) is 17.6 Å². The van der Waals surface area contributed by atoms with Crippen LogP contribution in [0.5, 0.6) is 5.75 Å². The van der Waals surface area contributed by atoms with Crippen LogP contribution in [0.4, 0.5) is 0 Å². The van der Waals surface area contributed by atoms with Gasteiger partial charge in [0.1, 0.15) is 12.0 Å². The second-order valence-electron chi connectivity index (χ2n) is 4.49. The van der Waals surface area contributed by atoms with Crippen LogP contribution in [0.1, 0.15) is 17.4 Å². The van der Waals surface area contributed by atoms with Gasteiger partial charge in [0.05, 0.1) is 12.5 Å². The van der Waals surface area contributed by atoms with E-state index in [9.17, 15) is 4.79 Å². The first-order chi connectivity index (χ1) is 8.69. The highest BCUT2D eigenvalue weighted by Gasteiger charge is 2.29. The molecule has 1 aromatic heterocycles. The lowest BCUT2D eigenvalue weighted by molar-refractivity contribution is -0.112. The zero-order valence-electron chi connectivity index (χ0n) is 10.6. The Hall–Kier alpha value is -1.61. The number of aldehydes is 1. The van der Waals surface area contributed by atoms with Crippen molar-refractivity contribution in [2.45, 2.75) is 18.8 Å². The van der Waals surface area contributed by atoms with Gasteiger partial charge in [-0.2, -0.15) is 0 Å². The highest BCUT2D eigenvalue weighted by atomic mass is 32.1. The molecule has 3 heteroatoms. The molecule has 0 spiro atoms. The Morgan fingerprint density at radius 3 is 2.67 bits per heavy atom. The number of benzene rings is 1. The third-order valence-corrected chi connectivity index (χ3v) is 3.98. The molecule has 0 aliphatic heterocycles. The number of carbonyl (C=O) groups excluding carboxylic acids is 1. The van der Waals surface area contributed by atoms with E-state index in [2.05, 4.69) is 6.07 Å². The Morgan fingerprint density at radius 2 is 2.06 bits per heavy atom. The van der Waals surface area contributed by atoms with Crippen molar-refractivity contribution in [3.63, 3.8) is 0 Å². The number of rotatable bonds is 5. The predicted octanol–water partition coefficient (Wildman–Crippen LogP) is 3.46. The Labute approximate surface area is 111 Å². The molecule has 1 unspecified atom stereocenters. The first-order valence-electron chi connectivity index (χ1n) is 5.82. The molecule has 18 heavy (non-hydrogen) atoms. The monoisotopic (exact) mass is 260 g/mol. The van der Waals surface area contributed by atoms with Gasteiger partial charge in [0.15, 0.2) is 0 Å². The zero-order chi connectivity index (χ0) is 13.0. The van der Waals surface area contributed by atoms with E-state index in [4.69, 9.17) is 4.74 Å². The summed E-state index contributed by atoms with van der Waals surface area (Å²) in [4.78, 5) is 12.8. The van der Waals surface area contributed by atoms with Crippen molar-refractivity contribution in [1.82, 2.24) is 0 Å². The molecule has 0 saturated heterocycles. The number of ether oxygens (including phenoxy) is 1. The summed E-state index contributed by atoms with van der Waals surface area (Å²) < 4.78 is 5.36. The highest BCUT2D eigenvalue weighted by Crippen LogP contribution is 2.34. The molecule has 0 saturated carbocycles. The van der Waals surface area contributed by atoms with Crippen molar-refractivity contribution in [3.8, 4) is 5.75 Å². The van der Waals surface area contributed by atoms with Crippen molar-refractivity contribution in [1.29, 1.82) is 0 Å². The lowest BCUT2D eigenvalue weighted by Crippen LogP contribution is -2.27. The molecule has 2 nitrogen and oxygen atoms in total. The van der Waals surface area contributed by atoms with E-state index < -0.39 is 5.41 Å². The Kier molecular flexibility index (Phi) is 3.82. The van der Waals surface area contributed by atoms with E-state index in [1.807, 2.05) is 42.6 Å². The molecule has 0 amide bonds. The summed E-state index contributed by atoms with van der Waals surface area (Å²) in [6.45, 7) is 1.96. The van der Waals surface area contributed by atoms with Crippen LogP contribution in [0.25, 0.3) is 0 Å². The molecule has 1 aromatic carbocycles. The number of thiophene rings is 1. The summed E-state index contributed by atoms with van der Waals surface area (Å²) in [5.41, 5.74) is 0.396. The smallest absolute Gasteiger partial charge is 0.130 e. The molecular weight excluding hydrogens is 244 g/mol. The second-order valence-corrected chi connectivity index (χ2v) is 5.52. The molecule has 0 fully saturated rings. The summed E-state index contributed by atoms with van der Waals surface area (Å²) in [6.07, 6.45) is 1.72. The number of carbonyl (C=O) groups is 1. The predicted molar refractivity (Wildman–Crippen MR) is 74.4 cm³/mol. The molecule has 0 N–H and O–H groups in total. The van der Waals surface area contributed by atoms with Crippen molar-refractivity contribution in [2.75, 3.05) is 7.11 Å². The van der Waals surface area contributed by atoms with E-state index in [1.54, 1.807) is 18.4 Å². The molecule has 0 aliphatic carbocycles. The molecule has 2 aromatic rings. The number of methoxy groups -OCH3 is 1. The lowest BCUT2D eigenvalue weighted by Gasteiger charge is -2.25. The normalized spacial score (nSPS) is 13.9. The molecule has 94 valence electrons. The molecule has 0 bridgehead atoms. The maximum Gasteiger partial charge on any atom is 0.130 e. The van der Waals surface area contributed by atoms with Gasteiger partial charge in [-0.15, -0.1) is 11.3 Å². The minimum atomic E-state index is -0.544. The van der Waals surface area contributed by atoms with E-state index in [1.165, 1.54) is 4.88 Å². The number of para-hydroxylation sites is 1. The minimum absolute atomic E-state index is 0.544. The van der Waals surface area contributed by atoms with E-state index in [-0.39, 0.29) is 0 Å². The van der Waals surface area contributed by atoms with Gasteiger partial charge in [-0.25, -0.2) is 0 Å².